The van der Waals surface area contributed by atoms with Crippen molar-refractivity contribution < 1.29 is 9.53 Å². The number of amides is 1. The Morgan fingerprint density at radius 1 is 1.32 bits per heavy atom. The lowest BCUT2D eigenvalue weighted by Gasteiger charge is -2.29. The number of aromatic nitrogens is 3. The van der Waals surface area contributed by atoms with Gasteiger partial charge in [-0.2, -0.15) is 0 Å². The number of thiophene rings is 1. The number of nitrogens with zero attached hydrogens (tertiary/aromatic N) is 3. The Labute approximate surface area is 192 Å². The third kappa shape index (κ3) is 4.57. The van der Waals surface area contributed by atoms with Crippen molar-refractivity contribution in [3.63, 3.8) is 0 Å². The predicted octanol–water partition coefficient (Wildman–Crippen LogP) is 4.61. The fraction of sp³-hybridized carbons (Fsp3) is 0.696. The van der Waals surface area contributed by atoms with E-state index < -0.39 is 0 Å². The van der Waals surface area contributed by atoms with Crippen LogP contribution in [0.15, 0.2) is 22.7 Å². The molecule has 1 amide bonds. The molecule has 3 aliphatic rings. The number of thioether (sulfide) groups is 1. The molecule has 2 saturated carbocycles. The molecule has 8 heteroatoms. The van der Waals surface area contributed by atoms with Gasteiger partial charge in [0.05, 0.1) is 22.8 Å². The lowest BCUT2D eigenvalue weighted by Crippen LogP contribution is -2.43. The van der Waals surface area contributed by atoms with Crippen molar-refractivity contribution in [2.75, 3.05) is 6.61 Å². The second-order valence-electron chi connectivity index (χ2n) is 9.43. The Hall–Kier alpha value is -1.38. The molecule has 31 heavy (non-hydrogen) atoms. The van der Waals surface area contributed by atoms with Crippen LogP contribution in [0.25, 0.3) is 10.7 Å². The standard InChI is InChI=1S/C23H32N4O2S2/c1-14(19-12-16-7-8-17(19)11-16)24-22(28)15(2)31-23-26-25-21(20-6-4-10-30-20)27(23)13-18-5-3-9-29-18/h4,6,10,14-19H,3,5,7-9,11-13H2,1-2H3,(H,24,28). The van der Waals surface area contributed by atoms with Gasteiger partial charge in [0.15, 0.2) is 11.0 Å². The van der Waals surface area contributed by atoms with E-state index >= 15 is 0 Å². The van der Waals surface area contributed by atoms with Crippen LogP contribution >= 0.6 is 23.1 Å². The van der Waals surface area contributed by atoms with Gasteiger partial charge in [0, 0.05) is 12.6 Å². The van der Waals surface area contributed by atoms with Crippen LogP contribution in [0.3, 0.4) is 0 Å². The van der Waals surface area contributed by atoms with Crippen LogP contribution in [0.2, 0.25) is 0 Å². The third-order valence-electron chi connectivity index (χ3n) is 7.32. The number of carbonyl (C=O) groups is 1. The molecule has 6 atom stereocenters. The molecule has 5 rings (SSSR count). The highest BCUT2D eigenvalue weighted by atomic mass is 32.2. The summed E-state index contributed by atoms with van der Waals surface area (Å²) in [5, 5.41) is 14.9. The first kappa shape index (κ1) is 21.5. The molecule has 3 fully saturated rings. The first-order chi connectivity index (χ1) is 15.1. The Bertz CT molecular complexity index is 894. The molecule has 0 spiro atoms. The zero-order chi connectivity index (χ0) is 21.4. The number of ether oxygens (including phenoxy) is 1. The topological polar surface area (TPSA) is 69.0 Å². The number of fused-ring (bicyclic) bond motifs is 2. The lowest BCUT2D eigenvalue weighted by molar-refractivity contribution is -0.121. The molecule has 1 saturated heterocycles. The largest absolute Gasteiger partial charge is 0.376 e. The highest BCUT2D eigenvalue weighted by molar-refractivity contribution is 8.00. The highest BCUT2D eigenvalue weighted by Gasteiger charge is 2.42. The molecule has 6 unspecified atom stereocenters. The Morgan fingerprint density at radius 2 is 2.23 bits per heavy atom. The minimum absolute atomic E-state index is 0.101. The molecule has 1 N–H and O–H groups in total. The smallest absolute Gasteiger partial charge is 0.233 e. The zero-order valence-electron chi connectivity index (χ0n) is 18.3. The van der Waals surface area contributed by atoms with E-state index in [1.807, 2.05) is 13.0 Å². The molecule has 2 aromatic heterocycles. The minimum atomic E-state index is -0.218. The van der Waals surface area contributed by atoms with Gasteiger partial charge in [-0.15, -0.1) is 21.5 Å². The number of hydrogen-bond donors (Lipinski definition) is 1. The van der Waals surface area contributed by atoms with Crippen molar-refractivity contribution in [1.82, 2.24) is 20.1 Å². The van der Waals surface area contributed by atoms with E-state index in [1.165, 1.54) is 37.4 Å². The first-order valence-corrected chi connectivity index (χ1v) is 13.4. The average Bonchev–Trinajstić information content (AvgIpc) is 3.57. The second-order valence-corrected chi connectivity index (χ2v) is 11.7. The van der Waals surface area contributed by atoms with E-state index in [2.05, 4.69) is 38.5 Å². The summed E-state index contributed by atoms with van der Waals surface area (Å²) in [5.41, 5.74) is 0. The number of hydrogen-bond acceptors (Lipinski definition) is 6. The number of carbonyl (C=O) groups excluding carboxylic acids is 1. The zero-order valence-corrected chi connectivity index (χ0v) is 20.0. The van der Waals surface area contributed by atoms with Crippen molar-refractivity contribution in [2.24, 2.45) is 17.8 Å². The molecule has 168 valence electrons. The summed E-state index contributed by atoms with van der Waals surface area (Å²) in [5.74, 6) is 3.33. The normalized spacial score (nSPS) is 29.4. The van der Waals surface area contributed by atoms with Gasteiger partial charge in [-0.3, -0.25) is 9.36 Å². The maximum Gasteiger partial charge on any atom is 0.233 e. The van der Waals surface area contributed by atoms with Crippen molar-refractivity contribution in [1.29, 1.82) is 0 Å². The summed E-state index contributed by atoms with van der Waals surface area (Å²) in [6.07, 6.45) is 7.74. The number of nitrogens with one attached hydrogen (secondary N) is 1. The Morgan fingerprint density at radius 3 is 2.90 bits per heavy atom. The van der Waals surface area contributed by atoms with Gasteiger partial charge in [0.25, 0.3) is 0 Å². The van der Waals surface area contributed by atoms with Gasteiger partial charge in [0.2, 0.25) is 5.91 Å². The highest BCUT2D eigenvalue weighted by Crippen LogP contribution is 2.49. The van der Waals surface area contributed by atoms with Crippen molar-refractivity contribution in [3.8, 4) is 10.7 Å². The van der Waals surface area contributed by atoms with E-state index in [-0.39, 0.29) is 23.3 Å². The molecular weight excluding hydrogens is 428 g/mol. The Balaban J connectivity index is 1.26. The molecule has 0 aromatic carbocycles. The van der Waals surface area contributed by atoms with Gasteiger partial charge in [-0.25, -0.2) is 0 Å². The van der Waals surface area contributed by atoms with Gasteiger partial charge < -0.3 is 10.1 Å². The van der Waals surface area contributed by atoms with E-state index in [0.717, 1.165) is 53.7 Å². The van der Waals surface area contributed by atoms with Crippen LogP contribution in [-0.2, 0) is 16.1 Å². The lowest BCUT2D eigenvalue weighted by atomic mass is 9.84. The van der Waals surface area contributed by atoms with E-state index in [0.29, 0.717) is 5.92 Å². The molecular formula is C23H32N4O2S2. The van der Waals surface area contributed by atoms with Crippen molar-refractivity contribution in [2.45, 2.75) is 81.5 Å². The van der Waals surface area contributed by atoms with Crippen LogP contribution in [0, 0.1) is 17.8 Å². The van der Waals surface area contributed by atoms with Crippen LogP contribution < -0.4 is 5.32 Å². The van der Waals surface area contributed by atoms with Gasteiger partial charge >= 0.3 is 0 Å². The summed E-state index contributed by atoms with van der Waals surface area (Å²) >= 11 is 3.17. The molecule has 1 aliphatic heterocycles. The van der Waals surface area contributed by atoms with Gasteiger partial charge in [0.1, 0.15) is 0 Å². The fourth-order valence-corrected chi connectivity index (χ4v) is 7.27. The van der Waals surface area contributed by atoms with Crippen LogP contribution in [0.1, 0.15) is 52.4 Å². The molecule has 2 bridgehead atoms. The van der Waals surface area contributed by atoms with Crippen molar-refractivity contribution in [3.05, 3.63) is 17.5 Å². The van der Waals surface area contributed by atoms with Crippen LogP contribution in [-0.4, -0.2) is 44.7 Å². The van der Waals surface area contributed by atoms with Gasteiger partial charge in [-0.05, 0) is 75.2 Å². The molecule has 2 aliphatic carbocycles. The van der Waals surface area contributed by atoms with Crippen LogP contribution in [0.5, 0.6) is 0 Å². The summed E-state index contributed by atoms with van der Waals surface area (Å²) in [6, 6.07) is 4.35. The first-order valence-electron chi connectivity index (χ1n) is 11.6. The number of rotatable bonds is 8. The van der Waals surface area contributed by atoms with Gasteiger partial charge in [-0.1, -0.05) is 24.2 Å². The second kappa shape index (κ2) is 9.24. The third-order valence-corrected chi connectivity index (χ3v) is 9.27. The van der Waals surface area contributed by atoms with E-state index in [1.54, 1.807) is 11.3 Å². The maximum absolute atomic E-state index is 13.0. The molecule has 0 radical (unpaired) electrons. The maximum atomic E-state index is 13.0. The average molecular weight is 461 g/mol. The SMILES string of the molecule is CC(Sc1nnc(-c2cccs2)n1CC1CCCO1)C(=O)NC(C)C1CC2CCC1C2. The molecule has 2 aromatic rings. The summed E-state index contributed by atoms with van der Waals surface area (Å²) in [4.78, 5) is 14.1. The predicted molar refractivity (Wildman–Crippen MR) is 124 cm³/mol. The van der Waals surface area contributed by atoms with Crippen LogP contribution in [0.4, 0.5) is 0 Å². The summed E-state index contributed by atoms with van der Waals surface area (Å²) in [6.45, 7) is 5.72. The summed E-state index contributed by atoms with van der Waals surface area (Å²) < 4.78 is 8.03. The Kier molecular flexibility index (Phi) is 6.40. The van der Waals surface area contributed by atoms with E-state index in [9.17, 15) is 4.79 Å². The van der Waals surface area contributed by atoms with Crippen molar-refractivity contribution >= 4 is 29.0 Å². The fourth-order valence-electron chi connectivity index (χ4n) is 5.69. The molecule has 6 nitrogen and oxygen atoms in total. The quantitative estimate of drug-likeness (QED) is 0.583. The summed E-state index contributed by atoms with van der Waals surface area (Å²) in [7, 11) is 0. The molecule has 3 heterocycles. The minimum Gasteiger partial charge on any atom is -0.376 e. The monoisotopic (exact) mass is 460 g/mol. The van der Waals surface area contributed by atoms with E-state index in [4.69, 9.17) is 4.74 Å².